The van der Waals surface area contributed by atoms with Crippen LogP contribution >= 0.6 is 31.9 Å². The Balaban J connectivity index is 0.000000164. The first kappa shape index (κ1) is 65.2. The second-order valence-corrected chi connectivity index (χ2v) is 22.4. The molecule has 7 aromatic heterocycles. The number of ether oxygens (including phenoxy) is 3. The van der Waals surface area contributed by atoms with E-state index in [2.05, 4.69) is 107 Å². The van der Waals surface area contributed by atoms with E-state index in [9.17, 15) is 19.2 Å². The molecule has 29 nitrogen and oxygen atoms in total. The van der Waals surface area contributed by atoms with Crippen LogP contribution in [0.5, 0.6) is 0 Å². The molecule has 10 aromatic rings. The van der Waals surface area contributed by atoms with Crippen molar-refractivity contribution in [3.05, 3.63) is 154 Å². The van der Waals surface area contributed by atoms with Crippen molar-refractivity contribution >= 4 is 79.3 Å². The third-order valence-corrected chi connectivity index (χ3v) is 12.6. The number of allylic oxidation sites excluding steroid dienone is 1. The van der Waals surface area contributed by atoms with Crippen LogP contribution in [-0.2, 0) is 19.0 Å². The van der Waals surface area contributed by atoms with Crippen LogP contribution in [0.15, 0.2) is 156 Å². The van der Waals surface area contributed by atoms with Gasteiger partial charge in [-0.3, -0.25) is 0 Å². The summed E-state index contributed by atoms with van der Waals surface area (Å²) >= 11 is 6.48. The Labute approximate surface area is 529 Å². The summed E-state index contributed by atoms with van der Waals surface area (Å²) in [5.41, 5.74) is 19.5. The third kappa shape index (κ3) is 17.5. The first-order valence-electron chi connectivity index (χ1n) is 26.9. The number of imide groups is 1. The number of carbonyl (C=O) groups excluding carboxylic acids is 3. The van der Waals surface area contributed by atoms with Gasteiger partial charge < -0.3 is 49.8 Å². The lowest BCUT2D eigenvalue weighted by atomic mass is 9.87. The van der Waals surface area contributed by atoms with E-state index in [-0.39, 0.29) is 64.1 Å². The minimum Gasteiger partial charge on any atom is -0.478 e. The van der Waals surface area contributed by atoms with Crippen molar-refractivity contribution in [2.24, 2.45) is 0 Å². The second-order valence-electron chi connectivity index (χ2n) is 20.7. The molecule has 0 spiro atoms. The Bertz CT molecular complexity index is 4130. The van der Waals surface area contributed by atoms with Crippen LogP contribution in [0, 0.1) is 0 Å². The lowest BCUT2D eigenvalue weighted by molar-refractivity contribution is -0.132. The first-order valence-corrected chi connectivity index (χ1v) is 28.5. The molecule has 3 aromatic carbocycles. The number of nitrogens with zero attached hydrogens (tertiary/aromatic N) is 15. The fourth-order valence-electron chi connectivity index (χ4n) is 7.78. The Morgan fingerprint density at radius 2 is 0.978 bits per heavy atom. The van der Waals surface area contributed by atoms with Crippen molar-refractivity contribution < 1.29 is 51.7 Å². The zero-order valence-corrected chi connectivity index (χ0v) is 52.2. The molecular formula is C59H56Br2N18O11. The highest BCUT2D eigenvalue weighted by atomic mass is 79.9. The molecule has 90 heavy (non-hydrogen) atoms. The average Bonchev–Trinajstić information content (AvgIpc) is 1.88. The number of anilines is 4. The highest BCUT2D eigenvalue weighted by Gasteiger charge is 2.37. The van der Waals surface area contributed by atoms with Gasteiger partial charge in [0.2, 0.25) is 17.7 Å². The van der Waals surface area contributed by atoms with Crippen LogP contribution in [-0.4, -0.2) is 118 Å². The molecule has 7 heterocycles. The maximum absolute atomic E-state index is 13.0. The number of hydrogen-bond acceptors (Lipinski definition) is 27. The molecule has 1 aliphatic carbocycles. The molecule has 0 radical (unpaired) electrons. The van der Waals surface area contributed by atoms with Gasteiger partial charge >= 0.3 is 24.1 Å². The van der Waals surface area contributed by atoms with Gasteiger partial charge in [0.1, 0.15) is 20.4 Å². The summed E-state index contributed by atoms with van der Waals surface area (Å²) in [6.07, 6.45) is 8.79. The molecule has 462 valence electrons. The SMILES string of the molecule is CC(C)(C)OC(=O)N(C(=O)OC(C)(C)C)c1ncc(Br)nc1-c1nnc(-c2ccccc2)o1.COC(=O)c1nccnc1N.Nc1ncc(Br)nc1-c1nnc(-c2ccccc2)o1.Nc1ncc(C2CC=C(C(=O)O)CC2)nc1-c1nnc(-c2ccccc2)o1. The normalized spacial score (nSPS) is 12.7. The smallest absolute Gasteiger partial charge is 0.425 e. The molecule has 1 atom stereocenters. The van der Waals surface area contributed by atoms with Crippen LogP contribution < -0.4 is 22.1 Å². The molecule has 11 rings (SSSR count). The number of carbonyl (C=O) groups is 4. The standard InChI is InChI=1S/C22H24BrN5O5.C19H17N5O3.C12H8BrN5O.C6H7N3O2/c1-21(2,3)32-19(29)28(20(30)33-22(4,5)6)16-15(25-14(23)12-24-16)18-27-26-17(31-18)13-10-8-7-9-11-13;20-16-15(18-24-23-17(27-18)12-4-2-1-3-5-12)22-14(10-21-16)11-6-8-13(9-7-11)19(25)26;13-8-6-15-10(14)9(16-8)12-18-17-11(19-12)7-4-2-1-3-5-7;1-11-6(10)4-5(7)9-3-2-8-4/h7-12H,1-6H3;1-5,8,10-11H,6-7,9H2,(H2,20,21)(H,25,26);1-6H,(H2,14,15);2-3H,1H3,(H2,7,9). The van der Waals surface area contributed by atoms with Crippen molar-refractivity contribution in [1.29, 1.82) is 0 Å². The van der Waals surface area contributed by atoms with Crippen LogP contribution in [0.4, 0.5) is 32.9 Å². The predicted octanol–water partition coefficient (Wildman–Crippen LogP) is 11.1. The number of carboxylic acids is 1. The molecule has 7 N–H and O–H groups in total. The van der Waals surface area contributed by atoms with Crippen LogP contribution in [0.25, 0.3) is 69.1 Å². The summed E-state index contributed by atoms with van der Waals surface area (Å²) in [7, 11) is 1.26. The maximum Gasteiger partial charge on any atom is 0.425 e. The summed E-state index contributed by atoms with van der Waals surface area (Å²) in [6, 6.07) is 28.0. The molecule has 2 amide bonds. The average molecular weight is 1350 g/mol. The highest BCUT2D eigenvalue weighted by molar-refractivity contribution is 9.10. The Morgan fingerprint density at radius 1 is 0.556 bits per heavy atom. The van der Waals surface area contributed by atoms with Crippen LogP contribution in [0.1, 0.15) is 82.9 Å². The van der Waals surface area contributed by atoms with Gasteiger partial charge in [-0.1, -0.05) is 60.7 Å². The zero-order valence-electron chi connectivity index (χ0n) is 49.0. The highest BCUT2D eigenvalue weighted by Crippen LogP contribution is 2.35. The van der Waals surface area contributed by atoms with E-state index >= 15 is 0 Å². The largest absolute Gasteiger partial charge is 0.478 e. The molecule has 0 saturated heterocycles. The fourth-order valence-corrected chi connectivity index (χ4v) is 8.34. The Kier molecular flexibility index (Phi) is 21.2. The molecular weight excluding hydrogens is 1300 g/mol. The predicted molar refractivity (Wildman–Crippen MR) is 332 cm³/mol. The fraction of sp³-hybridized carbons (Fsp3) is 0.220. The lowest BCUT2D eigenvalue weighted by Gasteiger charge is -2.28. The zero-order chi connectivity index (χ0) is 64.7. The van der Waals surface area contributed by atoms with Gasteiger partial charge in [0.15, 0.2) is 46.0 Å². The quantitative estimate of drug-likeness (QED) is 0.0730. The number of benzene rings is 3. The van der Waals surface area contributed by atoms with Crippen LogP contribution in [0.2, 0.25) is 0 Å². The molecule has 0 aliphatic heterocycles. The minimum absolute atomic E-state index is 0.00391. The van der Waals surface area contributed by atoms with Gasteiger partial charge in [-0.05, 0) is 129 Å². The number of nitrogen functional groups attached to an aromatic ring is 3. The van der Waals surface area contributed by atoms with Crippen molar-refractivity contribution in [2.45, 2.75) is 77.9 Å². The number of aromatic nitrogens is 14. The molecule has 31 heteroatoms. The summed E-state index contributed by atoms with van der Waals surface area (Å²) in [6.45, 7) is 10.1. The van der Waals surface area contributed by atoms with E-state index < -0.39 is 35.3 Å². The molecule has 0 fully saturated rings. The van der Waals surface area contributed by atoms with Gasteiger partial charge in [-0.25, -0.2) is 59.0 Å². The molecule has 1 aliphatic rings. The van der Waals surface area contributed by atoms with Crippen molar-refractivity contribution in [1.82, 2.24) is 70.5 Å². The number of rotatable bonds is 10. The van der Waals surface area contributed by atoms with Crippen molar-refractivity contribution in [3.63, 3.8) is 0 Å². The summed E-state index contributed by atoms with van der Waals surface area (Å²) < 4.78 is 33.2. The number of esters is 1. The first-order chi connectivity index (χ1) is 42.9. The Hall–Kier alpha value is -10.8. The van der Waals surface area contributed by atoms with Crippen molar-refractivity contribution in [3.8, 4) is 69.1 Å². The van der Waals surface area contributed by atoms with Crippen LogP contribution in [0.3, 0.4) is 0 Å². The van der Waals surface area contributed by atoms with E-state index in [0.717, 1.165) is 16.8 Å². The van der Waals surface area contributed by atoms with Gasteiger partial charge in [0.25, 0.3) is 17.7 Å². The summed E-state index contributed by atoms with van der Waals surface area (Å²) in [5.74, 6) is 0.428. The minimum atomic E-state index is -0.988. The number of aliphatic carboxylic acids is 1. The number of hydrogen-bond donors (Lipinski definition) is 4. The van der Waals surface area contributed by atoms with Gasteiger partial charge in [-0.2, -0.15) is 4.90 Å². The van der Waals surface area contributed by atoms with Gasteiger partial charge in [0, 0.05) is 40.6 Å². The van der Waals surface area contributed by atoms with E-state index in [0.29, 0.717) is 67.7 Å². The second kappa shape index (κ2) is 29.2. The topological polar surface area (TPSA) is 417 Å². The number of halogens is 2. The number of amides is 2. The Morgan fingerprint density at radius 3 is 1.41 bits per heavy atom. The summed E-state index contributed by atoms with van der Waals surface area (Å²) in [5, 5.41) is 33.2. The number of nitrogens with two attached hydrogens (primary N) is 3. The van der Waals surface area contributed by atoms with E-state index in [1.165, 1.54) is 31.9 Å². The molecule has 1 unspecified atom stereocenters. The molecule has 0 saturated carbocycles. The third-order valence-electron chi connectivity index (χ3n) is 11.8. The maximum atomic E-state index is 13.0. The van der Waals surface area contributed by atoms with E-state index in [1.807, 2.05) is 78.9 Å². The van der Waals surface area contributed by atoms with E-state index in [4.69, 9.17) is 45.0 Å². The monoisotopic (exact) mass is 1350 g/mol. The number of methoxy groups -OCH3 is 1. The van der Waals surface area contributed by atoms with Gasteiger partial charge in [0.05, 0.1) is 31.4 Å². The number of carboxylic acid groups (broad SMARTS) is 1. The van der Waals surface area contributed by atoms with Crippen molar-refractivity contribution in [2.75, 3.05) is 29.2 Å². The summed E-state index contributed by atoms with van der Waals surface area (Å²) in [4.78, 5) is 81.5. The molecule has 0 bridgehead atoms. The van der Waals surface area contributed by atoms with E-state index in [1.54, 1.807) is 65.9 Å². The lowest BCUT2D eigenvalue weighted by Crippen LogP contribution is -2.44. The van der Waals surface area contributed by atoms with Gasteiger partial charge in [-0.15, -0.1) is 30.6 Å².